The van der Waals surface area contributed by atoms with E-state index in [1.54, 1.807) is 0 Å². The van der Waals surface area contributed by atoms with Crippen molar-refractivity contribution in [2.24, 2.45) is 0 Å². The van der Waals surface area contributed by atoms with Gasteiger partial charge in [-0.3, -0.25) is 0 Å². The van der Waals surface area contributed by atoms with Crippen LogP contribution in [0.5, 0.6) is 0 Å². The van der Waals surface area contributed by atoms with Crippen molar-refractivity contribution in [2.45, 2.75) is 13.8 Å². The van der Waals surface area contributed by atoms with Crippen molar-refractivity contribution >= 4 is 54.8 Å². The quantitative estimate of drug-likeness (QED) is 0.197. The molecule has 0 fully saturated rings. The summed E-state index contributed by atoms with van der Waals surface area (Å²) >= 11 is 0. The molecule has 8 rings (SSSR count). The zero-order valence-electron chi connectivity index (χ0n) is 23.8. The molecule has 0 atom stereocenters. The fourth-order valence-electron chi connectivity index (χ4n) is 6.56. The Morgan fingerprint density at radius 2 is 0.595 bits per heavy atom. The van der Waals surface area contributed by atoms with Crippen LogP contribution in [0, 0.1) is 0 Å². The van der Waals surface area contributed by atoms with E-state index < -0.39 is 0 Å². The lowest BCUT2D eigenvalue weighted by Crippen LogP contribution is -1.95. The van der Waals surface area contributed by atoms with Crippen molar-refractivity contribution in [2.75, 3.05) is 0 Å². The zero-order valence-corrected chi connectivity index (χ0v) is 23.8. The summed E-state index contributed by atoms with van der Waals surface area (Å²) in [7, 11) is 0. The van der Waals surface area contributed by atoms with Gasteiger partial charge in [0, 0.05) is 32.9 Å². The largest absolute Gasteiger partial charge is 0.309 e. The van der Waals surface area contributed by atoms with Gasteiger partial charge in [-0.15, -0.1) is 0 Å². The van der Waals surface area contributed by atoms with Gasteiger partial charge < -0.3 is 9.13 Å². The molecule has 0 bridgehead atoms. The van der Waals surface area contributed by atoms with Crippen LogP contribution in [0.2, 0.25) is 0 Å². The maximum absolute atomic E-state index is 2.37. The molecule has 0 unspecified atom stereocenters. The minimum atomic E-state index is 1.18. The lowest BCUT2D eigenvalue weighted by molar-refractivity contribution is 1.18. The van der Waals surface area contributed by atoms with Gasteiger partial charge >= 0.3 is 0 Å². The summed E-state index contributed by atoms with van der Waals surface area (Å²) in [6.07, 6.45) is 0. The van der Waals surface area contributed by atoms with Gasteiger partial charge in [-0.2, -0.15) is 0 Å². The minimum Gasteiger partial charge on any atom is -0.309 e. The number of hydrogen-bond acceptors (Lipinski definition) is 0. The molecule has 0 saturated carbocycles. The summed E-state index contributed by atoms with van der Waals surface area (Å²) in [5.74, 6) is 0. The number of para-hydroxylation sites is 4. The Labute approximate surface area is 245 Å². The molecule has 42 heavy (non-hydrogen) atoms. The third-order valence-corrected chi connectivity index (χ3v) is 8.84. The third-order valence-electron chi connectivity index (χ3n) is 8.84. The molecule has 200 valence electrons. The van der Waals surface area contributed by atoms with E-state index in [2.05, 4.69) is 169 Å². The second-order valence-electron chi connectivity index (χ2n) is 11.1. The lowest BCUT2D eigenvalue weighted by atomic mass is 9.96. The molecule has 0 saturated heterocycles. The number of aromatic nitrogens is 2. The summed E-state index contributed by atoms with van der Waals surface area (Å²) in [6, 6.07) is 52.7. The summed E-state index contributed by atoms with van der Waals surface area (Å²) < 4.78 is 4.74. The van der Waals surface area contributed by atoms with E-state index in [0.29, 0.717) is 0 Å². The van der Waals surface area contributed by atoms with Gasteiger partial charge in [0.1, 0.15) is 0 Å². The van der Waals surface area contributed by atoms with Crippen molar-refractivity contribution in [1.29, 1.82) is 0 Å². The fourth-order valence-corrected chi connectivity index (χ4v) is 6.56. The van der Waals surface area contributed by atoms with E-state index in [1.165, 1.54) is 77.3 Å². The van der Waals surface area contributed by atoms with Gasteiger partial charge in [0.25, 0.3) is 0 Å². The zero-order chi connectivity index (χ0) is 28.2. The average Bonchev–Trinajstić information content (AvgIpc) is 3.57. The van der Waals surface area contributed by atoms with Crippen molar-refractivity contribution in [1.82, 2.24) is 9.13 Å². The predicted octanol–water partition coefficient (Wildman–Crippen LogP) is 10.8. The van der Waals surface area contributed by atoms with Crippen LogP contribution in [0.1, 0.15) is 25.0 Å². The van der Waals surface area contributed by atoms with E-state index >= 15 is 0 Å². The van der Waals surface area contributed by atoms with Crippen LogP contribution in [-0.4, -0.2) is 9.13 Å². The predicted molar refractivity (Wildman–Crippen MR) is 180 cm³/mol. The first-order valence-corrected chi connectivity index (χ1v) is 14.5. The fraction of sp³-hybridized carbons (Fsp3) is 0.0500. The normalized spacial score (nSPS) is 12.4. The van der Waals surface area contributed by atoms with Crippen molar-refractivity contribution in [3.05, 3.63) is 157 Å². The van der Waals surface area contributed by atoms with Crippen LogP contribution < -0.4 is 0 Å². The Kier molecular flexibility index (Phi) is 5.61. The van der Waals surface area contributed by atoms with Crippen LogP contribution in [0.25, 0.3) is 66.1 Å². The number of rotatable bonds is 4. The molecule has 2 heterocycles. The summed E-state index contributed by atoms with van der Waals surface area (Å²) in [5, 5.41) is 5.14. The number of hydrogen-bond donors (Lipinski definition) is 0. The van der Waals surface area contributed by atoms with Crippen molar-refractivity contribution < 1.29 is 0 Å². The summed E-state index contributed by atoms with van der Waals surface area (Å²) in [6.45, 7) is 4.46. The molecule has 0 amide bonds. The molecule has 0 N–H and O–H groups in total. The van der Waals surface area contributed by atoms with Gasteiger partial charge in [0.15, 0.2) is 0 Å². The van der Waals surface area contributed by atoms with Gasteiger partial charge in [-0.05, 0) is 84.7 Å². The van der Waals surface area contributed by atoms with Crippen LogP contribution >= 0.6 is 0 Å². The first-order chi connectivity index (χ1) is 20.7. The highest BCUT2D eigenvalue weighted by Crippen LogP contribution is 2.34. The highest BCUT2D eigenvalue weighted by molar-refractivity contribution is 6.10. The number of benzene rings is 6. The molecular weight excluding hydrogens is 508 g/mol. The topological polar surface area (TPSA) is 9.86 Å². The van der Waals surface area contributed by atoms with Gasteiger partial charge in [0.2, 0.25) is 0 Å². The highest BCUT2D eigenvalue weighted by Gasteiger charge is 2.13. The molecular formula is C40H30N2. The SMILES string of the molecule is C/C(=C(/C)c1ccc(-n2c3ccccc3c3ccccc32)cc1)c1ccc(-n2c3ccccc3c3ccccc32)cc1. The van der Waals surface area contributed by atoms with E-state index in [1.807, 2.05) is 0 Å². The van der Waals surface area contributed by atoms with Crippen molar-refractivity contribution in [3.8, 4) is 11.4 Å². The molecule has 0 aliphatic carbocycles. The van der Waals surface area contributed by atoms with E-state index in [4.69, 9.17) is 0 Å². The number of fused-ring (bicyclic) bond motifs is 6. The van der Waals surface area contributed by atoms with E-state index in [-0.39, 0.29) is 0 Å². The Morgan fingerprint density at radius 3 is 0.881 bits per heavy atom. The standard InChI is InChI=1S/C40H30N2/c1-27(29-19-23-31(24-20-29)41-37-15-7-3-11-33(37)34-12-4-8-16-38(34)41)28(2)30-21-25-32(26-22-30)42-39-17-9-5-13-35(39)36-14-6-10-18-40(36)42/h3-26H,1-2H3/b28-27+. The third kappa shape index (κ3) is 3.73. The van der Waals surface area contributed by atoms with Crippen LogP contribution in [0.4, 0.5) is 0 Å². The van der Waals surface area contributed by atoms with Gasteiger partial charge in [0.05, 0.1) is 22.1 Å². The Bertz CT molecular complexity index is 2020. The molecule has 2 aromatic heterocycles. The Balaban J connectivity index is 1.15. The van der Waals surface area contributed by atoms with Crippen LogP contribution in [0.15, 0.2) is 146 Å². The monoisotopic (exact) mass is 538 g/mol. The number of nitrogens with zero attached hydrogens (tertiary/aromatic N) is 2. The highest BCUT2D eigenvalue weighted by atomic mass is 15.0. The maximum atomic E-state index is 2.37. The first-order valence-electron chi connectivity index (χ1n) is 14.5. The van der Waals surface area contributed by atoms with E-state index in [0.717, 1.165) is 0 Å². The summed E-state index contributed by atoms with van der Waals surface area (Å²) in [4.78, 5) is 0. The molecule has 0 aliphatic rings. The molecule has 8 aromatic rings. The second-order valence-corrected chi connectivity index (χ2v) is 11.1. The first kappa shape index (κ1) is 24.5. The molecule has 2 heteroatoms. The minimum absolute atomic E-state index is 1.18. The van der Waals surface area contributed by atoms with Gasteiger partial charge in [-0.25, -0.2) is 0 Å². The van der Waals surface area contributed by atoms with E-state index in [9.17, 15) is 0 Å². The Hall–Kier alpha value is -5.34. The molecule has 2 nitrogen and oxygen atoms in total. The smallest absolute Gasteiger partial charge is 0.0541 e. The van der Waals surface area contributed by atoms with Crippen molar-refractivity contribution in [3.63, 3.8) is 0 Å². The maximum Gasteiger partial charge on any atom is 0.0541 e. The lowest BCUT2D eigenvalue weighted by Gasteiger charge is -2.13. The average molecular weight is 539 g/mol. The second kappa shape index (κ2) is 9.64. The molecule has 6 aromatic carbocycles. The molecule has 0 aliphatic heterocycles. The Morgan fingerprint density at radius 1 is 0.333 bits per heavy atom. The molecule has 0 radical (unpaired) electrons. The van der Waals surface area contributed by atoms with Crippen LogP contribution in [-0.2, 0) is 0 Å². The molecule has 0 spiro atoms. The number of allylic oxidation sites excluding steroid dienone is 2. The van der Waals surface area contributed by atoms with Gasteiger partial charge in [-0.1, -0.05) is 97.1 Å². The van der Waals surface area contributed by atoms with Crippen LogP contribution in [0.3, 0.4) is 0 Å². The summed E-state index contributed by atoms with van der Waals surface area (Å²) in [5.41, 5.74) is 12.3.